The quantitative estimate of drug-likeness (QED) is 0.900. The van der Waals surface area contributed by atoms with Gasteiger partial charge in [0, 0.05) is 6.04 Å². The lowest BCUT2D eigenvalue weighted by atomic mass is 10.1. The highest BCUT2D eigenvalue weighted by Gasteiger charge is 2.09. The van der Waals surface area contributed by atoms with Gasteiger partial charge in [0.25, 0.3) is 5.89 Å². The van der Waals surface area contributed by atoms with Crippen LogP contribution in [-0.4, -0.2) is 10.1 Å². The average Bonchev–Trinajstić information content (AvgIpc) is 2.73. The molecule has 0 unspecified atom stereocenters. The van der Waals surface area contributed by atoms with Crippen LogP contribution in [0.4, 0.5) is 4.39 Å². The van der Waals surface area contributed by atoms with Crippen LogP contribution in [0.25, 0.3) is 0 Å². The van der Waals surface area contributed by atoms with Crippen molar-refractivity contribution in [2.75, 3.05) is 0 Å². The Balaban J connectivity index is 2.05. The molecule has 0 radical (unpaired) electrons. The van der Waals surface area contributed by atoms with Gasteiger partial charge in [0.05, 0.1) is 0 Å². The summed E-state index contributed by atoms with van der Waals surface area (Å²) in [6.45, 7) is 3.52. The summed E-state index contributed by atoms with van der Waals surface area (Å²) < 4.78 is 23.8. The van der Waals surface area contributed by atoms with Crippen LogP contribution < -0.4 is 10.5 Å². The van der Waals surface area contributed by atoms with Crippen LogP contribution in [0.1, 0.15) is 30.2 Å². The van der Waals surface area contributed by atoms with Crippen molar-refractivity contribution in [3.05, 3.63) is 41.3 Å². The number of aryl methyl sites for hydroxylation is 1. The van der Waals surface area contributed by atoms with Gasteiger partial charge in [-0.05, 0) is 31.5 Å². The average molecular weight is 251 g/mol. The lowest BCUT2D eigenvalue weighted by molar-refractivity contribution is 0.234. The van der Waals surface area contributed by atoms with Crippen molar-refractivity contribution in [3.8, 4) is 5.75 Å². The maximum Gasteiger partial charge on any atom is 0.264 e. The third-order valence-electron chi connectivity index (χ3n) is 2.40. The minimum Gasteiger partial charge on any atom is -0.481 e. The lowest BCUT2D eigenvalue weighted by Crippen LogP contribution is -2.06. The molecule has 0 bridgehead atoms. The molecule has 6 heteroatoms. The first kappa shape index (κ1) is 12.5. The summed E-state index contributed by atoms with van der Waals surface area (Å²) in [5.74, 6) is 0.501. The largest absolute Gasteiger partial charge is 0.481 e. The predicted octanol–water partition coefficient (Wildman–Crippen LogP) is 2.12. The number of nitrogens with zero attached hydrogens (tertiary/aromatic N) is 2. The Morgan fingerprint density at radius 1 is 1.50 bits per heavy atom. The monoisotopic (exact) mass is 251 g/mol. The number of halogens is 1. The van der Waals surface area contributed by atoms with E-state index < -0.39 is 5.82 Å². The van der Waals surface area contributed by atoms with Crippen molar-refractivity contribution in [1.29, 1.82) is 0 Å². The van der Waals surface area contributed by atoms with E-state index in [0.717, 1.165) is 0 Å². The minimum atomic E-state index is -0.457. The molecule has 0 aliphatic rings. The fourth-order valence-corrected chi connectivity index (χ4v) is 1.46. The van der Waals surface area contributed by atoms with Crippen LogP contribution in [0.15, 0.2) is 22.7 Å². The van der Waals surface area contributed by atoms with E-state index in [4.69, 9.17) is 15.0 Å². The van der Waals surface area contributed by atoms with Crippen molar-refractivity contribution in [1.82, 2.24) is 10.1 Å². The highest BCUT2D eigenvalue weighted by Crippen LogP contribution is 2.21. The van der Waals surface area contributed by atoms with Crippen molar-refractivity contribution in [3.63, 3.8) is 0 Å². The SMILES string of the molecule is Cc1noc(COc2ccc([C@H](C)N)cc2F)n1. The van der Waals surface area contributed by atoms with Crippen LogP contribution in [0.5, 0.6) is 5.75 Å². The van der Waals surface area contributed by atoms with Gasteiger partial charge in [-0.1, -0.05) is 11.2 Å². The van der Waals surface area contributed by atoms with Gasteiger partial charge in [-0.25, -0.2) is 4.39 Å². The molecule has 5 nitrogen and oxygen atoms in total. The minimum absolute atomic E-state index is 0.0370. The number of hydrogen-bond donors (Lipinski definition) is 1. The van der Waals surface area contributed by atoms with Gasteiger partial charge in [0.1, 0.15) is 0 Å². The molecule has 96 valence electrons. The normalized spacial score (nSPS) is 12.4. The zero-order valence-electron chi connectivity index (χ0n) is 10.2. The molecule has 1 atom stereocenters. The number of benzene rings is 1. The van der Waals surface area contributed by atoms with E-state index >= 15 is 0 Å². The first-order chi connectivity index (χ1) is 8.56. The third-order valence-corrected chi connectivity index (χ3v) is 2.40. The first-order valence-electron chi connectivity index (χ1n) is 5.53. The zero-order valence-corrected chi connectivity index (χ0v) is 10.2. The van der Waals surface area contributed by atoms with Gasteiger partial charge >= 0.3 is 0 Å². The summed E-state index contributed by atoms with van der Waals surface area (Å²) in [5, 5.41) is 3.61. The predicted molar refractivity (Wildman–Crippen MR) is 62.4 cm³/mol. The zero-order chi connectivity index (χ0) is 13.1. The second kappa shape index (κ2) is 5.14. The molecule has 0 aliphatic carbocycles. The molecular formula is C12H14FN3O2. The Morgan fingerprint density at radius 2 is 2.28 bits per heavy atom. The molecule has 0 fully saturated rings. The number of hydrogen-bond acceptors (Lipinski definition) is 5. The second-order valence-electron chi connectivity index (χ2n) is 4.00. The molecule has 2 aromatic rings. The molecule has 2 N–H and O–H groups in total. The third kappa shape index (κ3) is 2.84. The first-order valence-corrected chi connectivity index (χ1v) is 5.53. The van der Waals surface area contributed by atoms with E-state index in [2.05, 4.69) is 10.1 Å². The van der Waals surface area contributed by atoms with E-state index in [-0.39, 0.29) is 18.4 Å². The van der Waals surface area contributed by atoms with Crippen molar-refractivity contribution < 1.29 is 13.7 Å². The summed E-state index contributed by atoms with van der Waals surface area (Å²) in [4.78, 5) is 3.96. The summed E-state index contributed by atoms with van der Waals surface area (Å²) in [6, 6.07) is 4.41. The van der Waals surface area contributed by atoms with Crippen LogP contribution in [0.3, 0.4) is 0 Å². The Morgan fingerprint density at radius 3 is 2.83 bits per heavy atom. The summed E-state index contributed by atoms with van der Waals surface area (Å²) >= 11 is 0. The standard InChI is InChI=1S/C12H14FN3O2/c1-7(14)9-3-4-11(10(13)5-9)17-6-12-15-8(2)16-18-12/h3-5,7H,6,14H2,1-2H3/t7-/m0/s1. The number of rotatable bonds is 4. The fourth-order valence-electron chi connectivity index (χ4n) is 1.46. The molecule has 0 aliphatic heterocycles. The van der Waals surface area contributed by atoms with Gasteiger partial charge in [0.2, 0.25) is 0 Å². The van der Waals surface area contributed by atoms with Gasteiger partial charge < -0.3 is 15.0 Å². The Labute approximate surface area is 104 Å². The fraction of sp³-hybridized carbons (Fsp3) is 0.333. The van der Waals surface area contributed by atoms with Gasteiger partial charge in [-0.3, -0.25) is 0 Å². The molecule has 1 aromatic carbocycles. The Bertz CT molecular complexity index is 540. The highest BCUT2D eigenvalue weighted by atomic mass is 19.1. The topological polar surface area (TPSA) is 74.2 Å². The summed E-state index contributed by atoms with van der Waals surface area (Å²) in [6.07, 6.45) is 0. The Kier molecular flexibility index (Phi) is 3.57. The van der Waals surface area contributed by atoms with E-state index in [1.165, 1.54) is 12.1 Å². The van der Waals surface area contributed by atoms with Gasteiger partial charge in [-0.2, -0.15) is 4.98 Å². The van der Waals surface area contributed by atoms with Crippen molar-refractivity contribution in [2.45, 2.75) is 26.5 Å². The Hall–Kier alpha value is -1.95. The van der Waals surface area contributed by atoms with Gasteiger partial charge in [0.15, 0.2) is 24.0 Å². The number of ether oxygens (including phenoxy) is 1. The maximum absolute atomic E-state index is 13.7. The summed E-state index contributed by atoms with van der Waals surface area (Å²) in [7, 11) is 0. The molecular weight excluding hydrogens is 237 g/mol. The molecule has 0 saturated heterocycles. The number of aromatic nitrogens is 2. The van der Waals surface area contributed by atoms with Crippen molar-refractivity contribution >= 4 is 0 Å². The van der Waals surface area contributed by atoms with Gasteiger partial charge in [-0.15, -0.1) is 0 Å². The molecule has 0 amide bonds. The molecule has 1 heterocycles. The van der Waals surface area contributed by atoms with E-state index in [9.17, 15) is 4.39 Å². The molecule has 2 rings (SSSR count). The smallest absolute Gasteiger partial charge is 0.264 e. The second-order valence-corrected chi connectivity index (χ2v) is 4.00. The highest BCUT2D eigenvalue weighted by molar-refractivity contribution is 5.30. The lowest BCUT2D eigenvalue weighted by Gasteiger charge is -2.09. The summed E-state index contributed by atoms with van der Waals surface area (Å²) in [5.41, 5.74) is 6.38. The van der Waals surface area contributed by atoms with E-state index in [1.54, 1.807) is 19.9 Å². The van der Waals surface area contributed by atoms with Crippen LogP contribution >= 0.6 is 0 Å². The van der Waals surface area contributed by atoms with Crippen LogP contribution in [0, 0.1) is 12.7 Å². The maximum atomic E-state index is 13.7. The van der Waals surface area contributed by atoms with E-state index in [1.807, 2.05) is 0 Å². The van der Waals surface area contributed by atoms with Crippen LogP contribution in [0.2, 0.25) is 0 Å². The van der Waals surface area contributed by atoms with E-state index in [0.29, 0.717) is 17.3 Å². The molecule has 18 heavy (non-hydrogen) atoms. The number of nitrogens with two attached hydrogens (primary N) is 1. The molecule has 0 saturated carbocycles. The molecule has 1 aromatic heterocycles. The van der Waals surface area contributed by atoms with Crippen molar-refractivity contribution in [2.24, 2.45) is 5.73 Å². The van der Waals surface area contributed by atoms with Crippen LogP contribution in [-0.2, 0) is 6.61 Å². The molecule has 0 spiro atoms.